The maximum absolute atomic E-state index is 12.0. The van der Waals surface area contributed by atoms with E-state index < -0.39 is 0 Å². The van der Waals surface area contributed by atoms with Crippen LogP contribution >= 0.6 is 0 Å². The minimum Gasteiger partial charge on any atom is -0.399 e. The van der Waals surface area contributed by atoms with Crippen LogP contribution in [0.5, 0.6) is 0 Å². The Morgan fingerprint density at radius 3 is 2.71 bits per heavy atom. The molecule has 1 aromatic carbocycles. The summed E-state index contributed by atoms with van der Waals surface area (Å²) in [6.45, 7) is 8.80. The molecule has 116 valence electrons. The Balaban J connectivity index is 1.69. The van der Waals surface area contributed by atoms with Gasteiger partial charge in [-0.1, -0.05) is 19.9 Å². The van der Waals surface area contributed by atoms with Gasteiger partial charge < -0.3 is 16.0 Å². The number of hydrogen-bond acceptors (Lipinski definition) is 3. The number of benzene rings is 1. The van der Waals surface area contributed by atoms with Crippen LogP contribution in [-0.4, -0.2) is 37.0 Å². The Kier molecular flexibility index (Phi) is 5.62. The van der Waals surface area contributed by atoms with Crippen LogP contribution in [0.3, 0.4) is 0 Å². The number of nitrogens with one attached hydrogen (secondary N) is 1. The average molecular weight is 289 g/mol. The molecular weight excluding hydrogens is 262 g/mol. The number of nitrogens with zero attached hydrogens (tertiary/aromatic N) is 1. The quantitative estimate of drug-likeness (QED) is 0.646. The van der Waals surface area contributed by atoms with Crippen LogP contribution in [-0.2, 0) is 0 Å². The topological polar surface area (TPSA) is 58.4 Å². The van der Waals surface area contributed by atoms with Gasteiger partial charge in [0, 0.05) is 30.9 Å². The molecule has 1 saturated heterocycles. The second kappa shape index (κ2) is 7.46. The van der Waals surface area contributed by atoms with Crippen molar-refractivity contribution in [3.8, 4) is 0 Å². The van der Waals surface area contributed by atoms with Gasteiger partial charge in [0.05, 0.1) is 0 Å². The van der Waals surface area contributed by atoms with E-state index >= 15 is 0 Å². The molecule has 0 bridgehead atoms. The second-order valence-electron chi connectivity index (χ2n) is 6.44. The van der Waals surface area contributed by atoms with Crippen molar-refractivity contribution >= 4 is 11.6 Å². The van der Waals surface area contributed by atoms with E-state index in [1.807, 2.05) is 0 Å². The van der Waals surface area contributed by atoms with Gasteiger partial charge in [0.25, 0.3) is 5.91 Å². The average Bonchev–Trinajstić information content (AvgIpc) is 2.42. The molecule has 2 atom stereocenters. The number of hydrogen-bond donors (Lipinski definition) is 2. The highest BCUT2D eigenvalue weighted by Crippen LogP contribution is 2.20. The van der Waals surface area contributed by atoms with Crippen molar-refractivity contribution < 1.29 is 4.79 Å². The lowest BCUT2D eigenvalue weighted by molar-refractivity contribution is 0.0947. The first kappa shape index (κ1) is 15.8. The number of rotatable bonds is 5. The largest absolute Gasteiger partial charge is 0.399 e. The first-order valence-corrected chi connectivity index (χ1v) is 7.90. The Bertz CT molecular complexity index is 465. The van der Waals surface area contributed by atoms with Crippen molar-refractivity contribution in [3.63, 3.8) is 0 Å². The summed E-state index contributed by atoms with van der Waals surface area (Å²) in [4.78, 5) is 14.5. The predicted molar refractivity (Wildman–Crippen MR) is 87.2 cm³/mol. The first-order chi connectivity index (χ1) is 10.0. The van der Waals surface area contributed by atoms with Crippen molar-refractivity contribution in [2.24, 2.45) is 11.8 Å². The van der Waals surface area contributed by atoms with Gasteiger partial charge in [-0.2, -0.15) is 0 Å². The zero-order chi connectivity index (χ0) is 15.2. The van der Waals surface area contributed by atoms with E-state index in [4.69, 9.17) is 5.73 Å². The van der Waals surface area contributed by atoms with Gasteiger partial charge >= 0.3 is 0 Å². The van der Waals surface area contributed by atoms with Gasteiger partial charge in [-0.15, -0.1) is 0 Å². The van der Waals surface area contributed by atoms with Crippen LogP contribution in [0, 0.1) is 11.8 Å². The highest BCUT2D eigenvalue weighted by Gasteiger charge is 2.21. The lowest BCUT2D eigenvalue weighted by atomic mass is 9.92. The van der Waals surface area contributed by atoms with Crippen molar-refractivity contribution in [2.75, 3.05) is 31.9 Å². The summed E-state index contributed by atoms with van der Waals surface area (Å²) in [5, 5.41) is 2.97. The second-order valence-corrected chi connectivity index (χ2v) is 6.44. The molecule has 1 heterocycles. The highest BCUT2D eigenvalue weighted by atomic mass is 16.1. The summed E-state index contributed by atoms with van der Waals surface area (Å²) in [5.74, 6) is 1.54. The monoisotopic (exact) mass is 289 g/mol. The molecule has 0 aliphatic carbocycles. The number of likely N-dealkylation sites (tertiary alicyclic amines) is 1. The molecule has 4 nitrogen and oxygen atoms in total. The number of piperidine rings is 1. The van der Waals surface area contributed by atoms with Gasteiger partial charge in [0.2, 0.25) is 0 Å². The Labute approximate surface area is 127 Å². The summed E-state index contributed by atoms with van der Waals surface area (Å²) >= 11 is 0. The zero-order valence-corrected chi connectivity index (χ0v) is 13.1. The summed E-state index contributed by atoms with van der Waals surface area (Å²) in [6.07, 6.45) is 2.33. The maximum Gasteiger partial charge on any atom is 0.251 e. The minimum atomic E-state index is -0.0392. The maximum atomic E-state index is 12.0. The first-order valence-electron chi connectivity index (χ1n) is 7.90. The van der Waals surface area contributed by atoms with Crippen LogP contribution in [0.4, 0.5) is 5.69 Å². The van der Waals surface area contributed by atoms with Gasteiger partial charge in [-0.05, 0) is 49.4 Å². The highest BCUT2D eigenvalue weighted by molar-refractivity contribution is 5.94. The Morgan fingerprint density at radius 1 is 1.33 bits per heavy atom. The fourth-order valence-electron chi connectivity index (χ4n) is 3.26. The zero-order valence-electron chi connectivity index (χ0n) is 13.1. The summed E-state index contributed by atoms with van der Waals surface area (Å²) in [6, 6.07) is 7.10. The molecule has 1 fully saturated rings. The van der Waals surface area contributed by atoms with Crippen molar-refractivity contribution in [1.82, 2.24) is 10.2 Å². The number of carbonyl (C=O) groups is 1. The van der Waals surface area contributed by atoms with Crippen LogP contribution in [0.2, 0.25) is 0 Å². The molecular formula is C17H27N3O. The third kappa shape index (κ3) is 5.05. The molecule has 1 aromatic rings. The molecule has 3 N–H and O–H groups in total. The van der Waals surface area contributed by atoms with Crippen LogP contribution in [0.25, 0.3) is 0 Å². The lowest BCUT2D eigenvalue weighted by Crippen LogP contribution is -2.40. The van der Waals surface area contributed by atoms with E-state index in [1.165, 1.54) is 19.5 Å². The normalized spacial score (nSPS) is 23.0. The van der Waals surface area contributed by atoms with E-state index in [9.17, 15) is 4.79 Å². The van der Waals surface area contributed by atoms with Crippen LogP contribution in [0.1, 0.15) is 37.0 Å². The molecule has 0 radical (unpaired) electrons. The van der Waals surface area contributed by atoms with E-state index in [1.54, 1.807) is 24.3 Å². The smallest absolute Gasteiger partial charge is 0.251 e. The molecule has 0 spiro atoms. The Morgan fingerprint density at radius 2 is 2.05 bits per heavy atom. The number of carbonyl (C=O) groups excluding carboxylic acids is 1. The van der Waals surface area contributed by atoms with Gasteiger partial charge in [0.1, 0.15) is 0 Å². The third-order valence-corrected chi connectivity index (χ3v) is 4.03. The fraction of sp³-hybridized carbons (Fsp3) is 0.588. The Hall–Kier alpha value is -1.55. The lowest BCUT2D eigenvalue weighted by Gasteiger charge is -2.34. The third-order valence-electron chi connectivity index (χ3n) is 4.03. The summed E-state index contributed by atoms with van der Waals surface area (Å²) in [7, 11) is 0. The molecule has 1 aliphatic heterocycles. The summed E-state index contributed by atoms with van der Waals surface area (Å²) in [5.41, 5.74) is 6.95. The SMILES string of the molecule is CC1CC(C)CN(CCCNC(=O)c2cccc(N)c2)C1. The van der Waals surface area contributed by atoms with Gasteiger partial charge in [0.15, 0.2) is 0 Å². The minimum absolute atomic E-state index is 0.0392. The number of anilines is 1. The van der Waals surface area contributed by atoms with E-state index in [2.05, 4.69) is 24.1 Å². The van der Waals surface area contributed by atoms with E-state index in [0.29, 0.717) is 17.8 Å². The number of nitrogen functional groups attached to an aromatic ring is 1. The van der Waals surface area contributed by atoms with Crippen LogP contribution < -0.4 is 11.1 Å². The molecule has 1 amide bonds. The molecule has 0 saturated carbocycles. The van der Waals surface area contributed by atoms with Crippen LogP contribution in [0.15, 0.2) is 24.3 Å². The van der Waals surface area contributed by atoms with Crippen molar-refractivity contribution in [2.45, 2.75) is 26.7 Å². The number of amides is 1. The van der Waals surface area contributed by atoms with Gasteiger partial charge in [-0.3, -0.25) is 4.79 Å². The van der Waals surface area contributed by atoms with Gasteiger partial charge in [-0.25, -0.2) is 0 Å². The molecule has 1 aliphatic rings. The van der Waals surface area contributed by atoms with E-state index in [-0.39, 0.29) is 5.91 Å². The summed E-state index contributed by atoms with van der Waals surface area (Å²) < 4.78 is 0. The molecule has 21 heavy (non-hydrogen) atoms. The van der Waals surface area contributed by atoms with Crippen molar-refractivity contribution in [1.29, 1.82) is 0 Å². The fourth-order valence-corrected chi connectivity index (χ4v) is 3.26. The predicted octanol–water partition coefficient (Wildman–Crippen LogP) is 2.37. The molecule has 2 rings (SSSR count). The van der Waals surface area contributed by atoms with E-state index in [0.717, 1.165) is 24.8 Å². The standard InChI is InChI=1S/C17H27N3O/c1-13-9-14(2)12-20(11-13)8-4-7-19-17(21)15-5-3-6-16(18)10-15/h3,5-6,10,13-14H,4,7-9,11-12,18H2,1-2H3,(H,19,21). The number of nitrogens with two attached hydrogens (primary N) is 1. The molecule has 0 aromatic heterocycles. The molecule has 4 heteroatoms. The molecule has 2 unspecified atom stereocenters. The van der Waals surface area contributed by atoms with Crippen molar-refractivity contribution in [3.05, 3.63) is 29.8 Å².